The van der Waals surface area contributed by atoms with Crippen LogP contribution in [0.4, 0.5) is 0 Å². The molecule has 0 aromatic heterocycles. The van der Waals surface area contributed by atoms with Crippen molar-refractivity contribution in [1.29, 1.82) is 0 Å². The average molecular weight is 586 g/mol. The smallest absolute Gasteiger partial charge is 0.243 e. The van der Waals surface area contributed by atoms with Crippen LogP contribution in [-0.2, 0) is 29.0 Å². The molecule has 0 radical (unpaired) electrons. The lowest BCUT2D eigenvalue weighted by Gasteiger charge is -2.32. The molecule has 0 fully saturated rings. The quantitative estimate of drug-likeness (QED) is 0.224. The van der Waals surface area contributed by atoms with Crippen molar-refractivity contribution in [3.63, 3.8) is 0 Å². The summed E-state index contributed by atoms with van der Waals surface area (Å²) in [7, 11) is 0. The van der Waals surface area contributed by atoms with E-state index >= 15 is 0 Å². The van der Waals surface area contributed by atoms with Crippen LogP contribution in [-0.4, -0.2) is 42.0 Å². The molecule has 3 rings (SSSR count). The second-order valence-corrected chi connectivity index (χ2v) is 10.6. The summed E-state index contributed by atoms with van der Waals surface area (Å²) in [5.41, 5.74) is 2.70. The molecule has 0 bridgehead atoms. The van der Waals surface area contributed by atoms with Gasteiger partial charge in [-0.2, -0.15) is 0 Å². The van der Waals surface area contributed by atoms with Crippen molar-refractivity contribution in [2.45, 2.75) is 65.6 Å². The molecule has 6 nitrogen and oxygen atoms in total. The van der Waals surface area contributed by atoms with Crippen molar-refractivity contribution in [3.8, 4) is 11.5 Å². The normalized spacial score (nSPS) is 11.7. The van der Waals surface area contributed by atoms with E-state index in [1.165, 1.54) is 0 Å². The second kappa shape index (κ2) is 15.5. The highest BCUT2D eigenvalue weighted by Crippen LogP contribution is 2.29. The minimum absolute atomic E-state index is 0.0754. The molecule has 40 heavy (non-hydrogen) atoms. The first-order chi connectivity index (χ1) is 19.2. The number of halogens is 2. The van der Waals surface area contributed by atoms with E-state index in [2.05, 4.69) is 5.32 Å². The van der Waals surface area contributed by atoms with Crippen LogP contribution < -0.4 is 14.8 Å². The highest BCUT2D eigenvalue weighted by molar-refractivity contribution is 6.42. The third-order valence-corrected chi connectivity index (χ3v) is 7.01. The standard InChI is InChI=1S/C32H38Cl2N2O4/c1-5-39-29-16-13-24(20-30(29)40-6-2)14-17-31(37)36(21-25-12-15-26(33)27(34)18-25)28(32(38)35-22(3)4)19-23-10-8-7-9-11-23/h7-13,15-16,18,20,22,28H,5-6,14,17,19,21H2,1-4H3,(H,35,38)/t28-/m0/s1. The first-order valence-corrected chi connectivity index (χ1v) is 14.4. The van der Waals surface area contributed by atoms with Crippen molar-refractivity contribution < 1.29 is 19.1 Å². The van der Waals surface area contributed by atoms with Crippen molar-refractivity contribution in [1.82, 2.24) is 10.2 Å². The van der Waals surface area contributed by atoms with Crippen LogP contribution in [0.1, 0.15) is 50.8 Å². The van der Waals surface area contributed by atoms with Gasteiger partial charge in [-0.25, -0.2) is 0 Å². The molecule has 0 saturated carbocycles. The number of hydrogen-bond donors (Lipinski definition) is 1. The number of rotatable bonds is 14. The van der Waals surface area contributed by atoms with E-state index in [1.807, 2.05) is 82.3 Å². The summed E-state index contributed by atoms with van der Waals surface area (Å²) in [6, 6.07) is 19.9. The fraction of sp³-hybridized carbons (Fsp3) is 0.375. The summed E-state index contributed by atoms with van der Waals surface area (Å²) in [6.45, 7) is 8.91. The molecule has 0 aliphatic heterocycles. The average Bonchev–Trinajstić information content (AvgIpc) is 2.93. The van der Waals surface area contributed by atoms with Crippen molar-refractivity contribution in [3.05, 3.63) is 93.5 Å². The van der Waals surface area contributed by atoms with Gasteiger partial charge < -0.3 is 19.7 Å². The molecule has 3 aromatic rings. The van der Waals surface area contributed by atoms with Crippen molar-refractivity contribution in [2.75, 3.05) is 13.2 Å². The largest absolute Gasteiger partial charge is 0.490 e. The lowest BCUT2D eigenvalue weighted by atomic mass is 10.0. The Hall–Kier alpha value is -3.22. The Morgan fingerprint density at radius 1 is 0.825 bits per heavy atom. The number of benzene rings is 3. The SMILES string of the molecule is CCOc1ccc(CCC(=O)N(Cc2ccc(Cl)c(Cl)c2)[C@@H](Cc2ccccc2)C(=O)NC(C)C)cc1OCC. The Morgan fingerprint density at radius 3 is 2.15 bits per heavy atom. The van der Waals surface area contributed by atoms with Crippen LogP contribution in [0, 0.1) is 0 Å². The molecule has 1 atom stereocenters. The Balaban J connectivity index is 1.92. The molecule has 3 aromatic carbocycles. The number of ether oxygens (including phenoxy) is 2. The van der Waals surface area contributed by atoms with Gasteiger partial charge in [0.1, 0.15) is 6.04 Å². The molecule has 0 saturated heterocycles. The van der Waals surface area contributed by atoms with E-state index < -0.39 is 6.04 Å². The highest BCUT2D eigenvalue weighted by atomic mass is 35.5. The summed E-state index contributed by atoms with van der Waals surface area (Å²) in [4.78, 5) is 29.1. The van der Waals surface area contributed by atoms with Crippen LogP contribution in [0.5, 0.6) is 11.5 Å². The maximum atomic E-state index is 13.9. The Labute approximate surface area is 247 Å². The topological polar surface area (TPSA) is 67.9 Å². The number of hydrogen-bond acceptors (Lipinski definition) is 4. The zero-order valence-electron chi connectivity index (χ0n) is 23.6. The fourth-order valence-electron chi connectivity index (χ4n) is 4.42. The van der Waals surface area contributed by atoms with Crippen molar-refractivity contribution in [2.24, 2.45) is 0 Å². The summed E-state index contributed by atoms with van der Waals surface area (Å²) in [6.07, 6.45) is 1.07. The van der Waals surface area contributed by atoms with Gasteiger partial charge in [0.15, 0.2) is 11.5 Å². The van der Waals surface area contributed by atoms with Gasteiger partial charge in [-0.15, -0.1) is 0 Å². The predicted molar refractivity (Wildman–Crippen MR) is 161 cm³/mol. The number of amides is 2. The van der Waals surface area contributed by atoms with Crippen LogP contribution in [0.15, 0.2) is 66.7 Å². The molecule has 214 valence electrons. The maximum absolute atomic E-state index is 13.9. The number of aryl methyl sites for hydroxylation is 1. The van der Waals surface area contributed by atoms with Gasteiger partial charge in [-0.1, -0.05) is 65.7 Å². The Kier molecular flexibility index (Phi) is 12.2. The lowest BCUT2D eigenvalue weighted by Crippen LogP contribution is -2.51. The molecule has 1 N–H and O–H groups in total. The Bertz CT molecular complexity index is 1270. The number of carbonyl (C=O) groups excluding carboxylic acids is 2. The van der Waals surface area contributed by atoms with Crippen LogP contribution in [0.2, 0.25) is 10.0 Å². The predicted octanol–water partition coefficient (Wildman–Crippen LogP) is 6.89. The molecular formula is C32H38Cl2N2O4. The van der Waals surface area contributed by atoms with Crippen LogP contribution in [0.3, 0.4) is 0 Å². The summed E-state index contributed by atoms with van der Waals surface area (Å²) in [5, 5.41) is 3.84. The third kappa shape index (κ3) is 9.17. The van der Waals surface area contributed by atoms with Gasteiger partial charge in [0.2, 0.25) is 11.8 Å². The number of carbonyl (C=O) groups is 2. The van der Waals surface area contributed by atoms with E-state index in [-0.39, 0.29) is 30.8 Å². The molecule has 2 amide bonds. The van der Waals surface area contributed by atoms with E-state index in [4.69, 9.17) is 32.7 Å². The molecule has 8 heteroatoms. The molecule has 0 unspecified atom stereocenters. The lowest BCUT2D eigenvalue weighted by molar-refractivity contribution is -0.141. The van der Waals surface area contributed by atoms with E-state index in [9.17, 15) is 9.59 Å². The first kappa shape index (κ1) is 31.3. The molecule has 0 aliphatic rings. The number of nitrogens with one attached hydrogen (secondary N) is 1. The van der Waals surface area contributed by atoms with Crippen LogP contribution >= 0.6 is 23.2 Å². The molecule has 0 spiro atoms. The zero-order chi connectivity index (χ0) is 29.1. The van der Waals surface area contributed by atoms with E-state index in [0.717, 1.165) is 16.7 Å². The first-order valence-electron chi connectivity index (χ1n) is 13.7. The summed E-state index contributed by atoms with van der Waals surface area (Å²) >= 11 is 12.4. The van der Waals surface area contributed by atoms with Gasteiger partial charge in [0, 0.05) is 25.4 Å². The third-order valence-electron chi connectivity index (χ3n) is 6.27. The monoisotopic (exact) mass is 584 g/mol. The van der Waals surface area contributed by atoms with Crippen LogP contribution in [0.25, 0.3) is 0 Å². The highest BCUT2D eigenvalue weighted by Gasteiger charge is 2.30. The Morgan fingerprint density at radius 2 is 1.50 bits per heavy atom. The van der Waals surface area contributed by atoms with E-state index in [0.29, 0.717) is 47.6 Å². The molecular weight excluding hydrogens is 547 g/mol. The molecule has 0 heterocycles. The van der Waals surface area contributed by atoms with Gasteiger partial charge in [0.05, 0.1) is 23.3 Å². The van der Waals surface area contributed by atoms with Gasteiger partial charge in [-0.05, 0) is 75.1 Å². The zero-order valence-corrected chi connectivity index (χ0v) is 25.1. The number of nitrogens with zero attached hydrogens (tertiary/aromatic N) is 1. The minimum atomic E-state index is -0.717. The molecule has 0 aliphatic carbocycles. The van der Waals surface area contributed by atoms with Crippen molar-refractivity contribution >= 4 is 35.0 Å². The minimum Gasteiger partial charge on any atom is -0.490 e. The van der Waals surface area contributed by atoms with Gasteiger partial charge >= 0.3 is 0 Å². The maximum Gasteiger partial charge on any atom is 0.243 e. The van der Waals surface area contributed by atoms with E-state index in [1.54, 1.807) is 17.0 Å². The summed E-state index contributed by atoms with van der Waals surface area (Å²) in [5.74, 6) is 0.985. The van der Waals surface area contributed by atoms with Gasteiger partial charge in [0.25, 0.3) is 0 Å². The summed E-state index contributed by atoms with van der Waals surface area (Å²) < 4.78 is 11.4. The second-order valence-electron chi connectivity index (χ2n) is 9.79. The fourth-order valence-corrected chi connectivity index (χ4v) is 4.74. The van der Waals surface area contributed by atoms with Gasteiger partial charge in [-0.3, -0.25) is 9.59 Å².